The lowest BCUT2D eigenvalue weighted by molar-refractivity contribution is 0.600. The molecule has 0 spiro atoms. The highest BCUT2D eigenvalue weighted by Crippen LogP contribution is 2.15. The third-order valence-corrected chi connectivity index (χ3v) is 2.09. The lowest BCUT2D eigenvalue weighted by Gasteiger charge is -2.03. The fraction of sp³-hybridized carbons (Fsp3) is 0. The Bertz CT molecular complexity index is 650. The van der Waals surface area contributed by atoms with Gasteiger partial charge in [0.25, 0.3) is 5.56 Å². The van der Waals surface area contributed by atoms with Crippen molar-refractivity contribution < 1.29 is 4.39 Å². The highest BCUT2D eigenvalue weighted by Gasteiger charge is 2.08. The van der Waals surface area contributed by atoms with Crippen molar-refractivity contribution in [3.05, 3.63) is 56.1 Å². The van der Waals surface area contributed by atoms with E-state index in [4.69, 9.17) is 11.6 Å². The zero-order valence-electron chi connectivity index (χ0n) is 7.78. The van der Waals surface area contributed by atoms with E-state index in [1.807, 2.05) is 4.98 Å². The van der Waals surface area contributed by atoms with Gasteiger partial charge in [0.2, 0.25) is 0 Å². The van der Waals surface area contributed by atoms with Crippen LogP contribution in [0.3, 0.4) is 0 Å². The van der Waals surface area contributed by atoms with Crippen molar-refractivity contribution in [1.82, 2.24) is 14.8 Å². The van der Waals surface area contributed by atoms with Crippen LogP contribution < -0.4 is 11.2 Å². The summed E-state index contributed by atoms with van der Waals surface area (Å²) in [5.74, 6) is -0.700. The monoisotopic (exact) mass is 241 g/mol. The summed E-state index contributed by atoms with van der Waals surface area (Å²) >= 11 is 5.56. The Labute approximate surface area is 93.1 Å². The first kappa shape index (κ1) is 10.6. The number of aromatic amines is 1. The highest BCUT2D eigenvalue weighted by molar-refractivity contribution is 6.30. The van der Waals surface area contributed by atoms with Crippen LogP contribution in [0, 0.1) is 5.82 Å². The van der Waals surface area contributed by atoms with Gasteiger partial charge >= 0.3 is 5.69 Å². The molecule has 0 atom stereocenters. The van der Waals surface area contributed by atoms with E-state index in [1.54, 1.807) is 0 Å². The summed E-state index contributed by atoms with van der Waals surface area (Å²) in [5, 5.41) is 3.72. The predicted octanol–water partition coefficient (Wildman–Crippen LogP) is 0.713. The van der Waals surface area contributed by atoms with E-state index in [-0.39, 0.29) is 10.7 Å². The molecule has 0 aliphatic rings. The van der Waals surface area contributed by atoms with Crippen molar-refractivity contribution in [2.24, 2.45) is 0 Å². The Balaban J connectivity index is 2.68. The van der Waals surface area contributed by atoms with Crippen molar-refractivity contribution in [2.75, 3.05) is 0 Å². The second kappa shape index (κ2) is 3.90. The highest BCUT2D eigenvalue weighted by atomic mass is 35.5. The first-order chi connectivity index (χ1) is 7.58. The molecule has 1 heterocycles. The number of nitrogens with one attached hydrogen (secondary N) is 1. The Morgan fingerprint density at radius 1 is 1.38 bits per heavy atom. The van der Waals surface area contributed by atoms with Gasteiger partial charge in [-0.2, -0.15) is 9.78 Å². The summed E-state index contributed by atoms with van der Waals surface area (Å²) < 4.78 is 14.2. The number of nitrogens with zero attached hydrogens (tertiary/aromatic N) is 2. The third-order valence-electron chi connectivity index (χ3n) is 1.85. The van der Waals surface area contributed by atoms with E-state index in [0.717, 1.165) is 16.9 Å². The number of hydrogen-bond donors (Lipinski definition) is 1. The normalized spacial score (nSPS) is 10.4. The second-order valence-corrected chi connectivity index (χ2v) is 3.38. The molecule has 0 aliphatic carbocycles. The van der Waals surface area contributed by atoms with Gasteiger partial charge < -0.3 is 0 Å². The molecule has 0 amide bonds. The Kier molecular flexibility index (Phi) is 2.57. The van der Waals surface area contributed by atoms with Crippen LogP contribution in [-0.4, -0.2) is 14.8 Å². The molecule has 0 aliphatic heterocycles. The molecule has 2 rings (SSSR count). The quantitative estimate of drug-likeness (QED) is 0.800. The largest absolute Gasteiger partial charge is 0.349 e. The SMILES string of the molecule is O=c1cnn(-c2ccc(Cl)cc2F)c(=O)[nH]1. The van der Waals surface area contributed by atoms with Crippen molar-refractivity contribution in [1.29, 1.82) is 0 Å². The number of benzene rings is 1. The topological polar surface area (TPSA) is 67.8 Å². The second-order valence-electron chi connectivity index (χ2n) is 2.95. The minimum Gasteiger partial charge on any atom is -0.271 e. The predicted molar refractivity (Wildman–Crippen MR) is 55.4 cm³/mol. The van der Waals surface area contributed by atoms with Crippen molar-refractivity contribution in [3.63, 3.8) is 0 Å². The average molecular weight is 242 g/mol. The first-order valence-corrected chi connectivity index (χ1v) is 4.60. The molecule has 0 fully saturated rings. The molecule has 0 saturated heterocycles. The zero-order chi connectivity index (χ0) is 11.7. The van der Waals surface area contributed by atoms with Crippen LogP contribution >= 0.6 is 11.6 Å². The van der Waals surface area contributed by atoms with Gasteiger partial charge in [0.1, 0.15) is 11.9 Å². The fourth-order valence-corrected chi connectivity index (χ4v) is 1.34. The number of halogens is 2. The molecular formula is C9H5ClFN3O2. The molecule has 82 valence electrons. The maximum Gasteiger partial charge on any atom is 0.349 e. The average Bonchev–Trinajstić information content (AvgIpc) is 2.19. The van der Waals surface area contributed by atoms with Gasteiger partial charge in [0.05, 0.1) is 0 Å². The molecule has 0 bridgehead atoms. The molecular weight excluding hydrogens is 237 g/mol. The lowest BCUT2D eigenvalue weighted by Crippen LogP contribution is -2.30. The summed E-state index contributed by atoms with van der Waals surface area (Å²) in [4.78, 5) is 24.1. The van der Waals surface area contributed by atoms with Gasteiger partial charge in [-0.15, -0.1) is 0 Å². The van der Waals surface area contributed by atoms with Gasteiger partial charge in [0.15, 0.2) is 5.82 Å². The zero-order valence-corrected chi connectivity index (χ0v) is 8.53. The van der Waals surface area contributed by atoms with Gasteiger partial charge in [0, 0.05) is 5.02 Å². The van der Waals surface area contributed by atoms with Crippen LogP contribution in [0.1, 0.15) is 0 Å². The number of H-pyrrole nitrogens is 1. The third kappa shape index (κ3) is 1.87. The van der Waals surface area contributed by atoms with Crippen LogP contribution in [0.4, 0.5) is 4.39 Å². The van der Waals surface area contributed by atoms with E-state index in [1.165, 1.54) is 12.1 Å². The lowest BCUT2D eigenvalue weighted by atomic mass is 10.3. The molecule has 16 heavy (non-hydrogen) atoms. The summed E-state index contributed by atoms with van der Waals surface area (Å²) in [7, 11) is 0. The van der Waals surface area contributed by atoms with Gasteiger partial charge in [-0.3, -0.25) is 9.78 Å². The van der Waals surface area contributed by atoms with Gasteiger partial charge in [-0.25, -0.2) is 9.18 Å². The fourth-order valence-electron chi connectivity index (χ4n) is 1.18. The standard InChI is InChI=1S/C9H5ClFN3O2/c10-5-1-2-7(6(11)3-5)14-9(16)13-8(15)4-12-14/h1-4H,(H,13,15,16). The summed E-state index contributed by atoms with van der Waals surface area (Å²) in [6, 6.07) is 3.76. The molecule has 0 radical (unpaired) electrons. The minimum atomic E-state index is -0.811. The van der Waals surface area contributed by atoms with Crippen LogP contribution in [0.15, 0.2) is 34.0 Å². The Morgan fingerprint density at radius 3 is 2.75 bits per heavy atom. The Morgan fingerprint density at radius 2 is 2.12 bits per heavy atom. The summed E-state index contributed by atoms with van der Waals surface area (Å²) in [5.41, 5.74) is -1.53. The minimum absolute atomic E-state index is 0.0781. The van der Waals surface area contributed by atoms with E-state index in [9.17, 15) is 14.0 Å². The Hall–Kier alpha value is -1.95. The molecule has 1 aromatic carbocycles. The molecule has 2 aromatic rings. The summed E-state index contributed by atoms with van der Waals surface area (Å²) in [6.45, 7) is 0. The van der Waals surface area contributed by atoms with Crippen LogP contribution in [-0.2, 0) is 0 Å². The smallest absolute Gasteiger partial charge is 0.271 e. The molecule has 7 heteroatoms. The van der Waals surface area contributed by atoms with E-state index < -0.39 is 17.1 Å². The van der Waals surface area contributed by atoms with E-state index in [0.29, 0.717) is 0 Å². The maximum absolute atomic E-state index is 13.4. The number of rotatable bonds is 1. The number of hydrogen-bond acceptors (Lipinski definition) is 3. The van der Waals surface area contributed by atoms with Crippen molar-refractivity contribution in [2.45, 2.75) is 0 Å². The van der Waals surface area contributed by atoms with Crippen LogP contribution in [0.2, 0.25) is 5.02 Å². The van der Waals surface area contributed by atoms with Crippen molar-refractivity contribution >= 4 is 11.6 Å². The summed E-state index contributed by atoms with van der Waals surface area (Å²) in [6.07, 6.45) is 0.884. The van der Waals surface area contributed by atoms with Crippen LogP contribution in [0.5, 0.6) is 0 Å². The van der Waals surface area contributed by atoms with E-state index in [2.05, 4.69) is 5.10 Å². The first-order valence-electron chi connectivity index (χ1n) is 4.22. The molecule has 5 nitrogen and oxygen atoms in total. The molecule has 1 aromatic heterocycles. The molecule has 1 N–H and O–H groups in total. The van der Waals surface area contributed by atoms with E-state index >= 15 is 0 Å². The van der Waals surface area contributed by atoms with Crippen LogP contribution in [0.25, 0.3) is 5.69 Å². The molecule has 0 saturated carbocycles. The number of aromatic nitrogens is 3. The molecule has 0 unspecified atom stereocenters. The van der Waals surface area contributed by atoms with Gasteiger partial charge in [-0.05, 0) is 18.2 Å². The van der Waals surface area contributed by atoms with Crippen molar-refractivity contribution in [3.8, 4) is 5.69 Å². The maximum atomic E-state index is 13.4. The van der Waals surface area contributed by atoms with Gasteiger partial charge in [-0.1, -0.05) is 11.6 Å².